The number of hydrogen-bond donors (Lipinski definition) is 1. The van der Waals surface area contributed by atoms with Crippen LogP contribution < -0.4 is 0 Å². The van der Waals surface area contributed by atoms with Crippen molar-refractivity contribution in [2.45, 2.75) is 26.8 Å². The molecule has 0 atom stereocenters. The molecule has 118 valence electrons. The van der Waals surface area contributed by atoms with Gasteiger partial charge in [-0.25, -0.2) is 14.5 Å². The number of aromatic nitrogens is 5. The van der Waals surface area contributed by atoms with Gasteiger partial charge in [0.05, 0.1) is 11.3 Å². The number of carbonyl (C=O) groups is 1. The minimum atomic E-state index is -0.954. The van der Waals surface area contributed by atoms with Gasteiger partial charge in [-0.2, -0.15) is 10.2 Å². The summed E-state index contributed by atoms with van der Waals surface area (Å²) in [6.45, 7) is 5.92. The number of hydrogen-bond acceptors (Lipinski definition) is 4. The molecule has 0 aliphatic heterocycles. The maximum atomic E-state index is 11.0. The molecule has 0 aliphatic carbocycles. The van der Waals surface area contributed by atoms with Gasteiger partial charge in [-0.3, -0.25) is 4.68 Å². The molecule has 0 aliphatic rings. The van der Waals surface area contributed by atoms with Crippen LogP contribution in [-0.2, 0) is 0 Å². The molecule has 1 N–H and O–H groups in total. The number of benzene rings is 1. The van der Waals surface area contributed by atoms with E-state index in [9.17, 15) is 4.79 Å². The number of nitrogens with zero attached hydrogens (tertiary/aromatic N) is 5. The molecule has 3 rings (SSSR count). The minimum Gasteiger partial charge on any atom is -0.478 e. The van der Waals surface area contributed by atoms with Crippen molar-refractivity contribution < 1.29 is 9.90 Å². The van der Waals surface area contributed by atoms with Crippen molar-refractivity contribution in [3.63, 3.8) is 0 Å². The van der Waals surface area contributed by atoms with Crippen LogP contribution in [-0.4, -0.2) is 35.6 Å². The first-order chi connectivity index (χ1) is 11.0. The average molecular weight is 311 g/mol. The molecule has 2 aromatic heterocycles. The van der Waals surface area contributed by atoms with E-state index in [1.807, 2.05) is 31.5 Å². The van der Waals surface area contributed by atoms with Crippen molar-refractivity contribution in [1.29, 1.82) is 0 Å². The van der Waals surface area contributed by atoms with E-state index in [1.165, 1.54) is 0 Å². The molecule has 1 aromatic carbocycles. The van der Waals surface area contributed by atoms with E-state index in [1.54, 1.807) is 35.1 Å². The van der Waals surface area contributed by atoms with E-state index >= 15 is 0 Å². The molecule has 7 heteroatoms. The van der Waals surface area contributed by atoms with Crippen LogP contribution in [0, 0.1) is 6.92 Å². The van der Waals surface area contributed by atoms with Gasteiger partial charge in [0.1, 0.15) is 11.5 Å². The van der Waals surface area contributed by atoms with Crippen molar-refractivity contribution >= 4 is 5.97 Å². The quantitative estimate of drug-likeness (QED) is 0.800. The van der Waals surface area contributed by atoms with Crippen LogP contribution in [0.4, 0.5) is 0 Å². The fourth-order valence-corrected chi connectivity index (χ4v) is 2.41. The first-order valence-corrected chi connectivity index (χ1v) is 7.28. The maximum absolute atomic E-state index is 11.0. The molecular weight excluding hydrogens is 294 g/mol. The summed E-state index contributed by atoms with van der Waals surface area (Å²) in [5.41, 5.74) is 1.85. The van der Waals surface area contributed by atoms with Crippen molar-refractivity contribution in [3.05, 3.63) is 47.9 Å². The Morgan fingerprint density at radius 1 is 1.17 bits per heavy atom. The third kappa shape index (κ3) is 2.73. The summed E-state index contributed by atoms with van der Waals surface area (Å²) in [6, 6.07) is 8.64. The molecule has 23 heavy (non-hydrogen) atoms. The molecule has 0 saturated carbocycles. The fourth-order valence-electron chi connectivity index (χ4n) is 2.41. The maximum Gasteiger partial charge on any atom is 0.335 e. The van der Waals surface area contributed by atoms with Gasteiger partial charge in [-0.15, -0.1) is 0 Å². The largest absolute Gasteiger partial charge is 0.478 e. The highest BCUT2D eigenvalue weighted by Crippen LogP contribution is 2.23. The third-order valence-electron chi connectivity index (χ3n) is 3.46. The Morgan fingerprint density at radius 3 is 2.48 bits per heavy atom. The van der Waals surface area contributed by atoms with Gasteiger partial charge in [0.2, 0.25) is 0 Å². The van der Waals surface area contributed by atoms with Crippen LogP contribution in [0.3, 0.4) is 0 Å². The number of aromatic carboxylic acids is 1. The van der Waals surface area contributed by atoms with Crippen molar-refractivity contribution in [3.8, 4) is 17.2 Å². The Labute approximate surface area is 133 Å². The van der Waals surface area contributed by atoms with E-state index in [4.69, 9.17) is 5.11 Å². The summed E-state index contributed by atoms with van der Waals surface area (Å²) < 4.78 is 3.59. The Morgan fingerprint density at radius 2 is 1.87 bits per heavy atom. The van der Waals surface area contributed by atoms with E-state index in [0.717, 1.165) is 11.4 Å². The van der Waals surface area contributed by atoms with Gasteiger partial charge >= 0.3 is 5.97 Å². The Bertz CT molecular complexity index is 846. The molecule has 0 fully saturated rings. The molecule has 2 heterocycles. The zero-order valence-corrected chi connectivity index (χ0v) is 13.1. The molecule has 0 spiro atoms. The van der Waals surface area contributed by atoms with Gasteiger partial charge in [0.25, 0.3) is 0 Å². The van der Waals surface area contributed by atoms with Gasteiger partial charge in [0.15, 0.2) is 5.82 Å². The lowest BCUT2D eigenvalue weighted by molar-refractivity contribution is 0.0697. The zero-order valence-electron chi connectivity index (χ0n) is 13.1. The van der Waals surface area contributed by atoms with Gasteiger partial charge < -0.3 is 5.11 Å². The molecule has 3 aromatic rings. The number of aryl methyl sites for hydroxylation is 1. The van der Waals surface area contributed by atoms with Crippen LogP contribution in [0.15, 0.2) is 36.5 Å². The minimum absolute atomic E-state index is 0.194. The molecule has 0 radical (unpaired) electrons. The Hall–Kier alpha value is -2.96. The van der Waals surface area contributed by atoms with Crippen LogP contribution in [0.1, 0.15) is 36.1 Å². The summed E-state index contributed by atoms with van der Waals surface area (Å²) in [7, 11) is 0. The Balaban J connectivity index is 2.11. The van der Waals surface area contributed by atoms with E-state index in [0.29, 0.717) is 11.6 Å². The topological polar surface area (TPSA) is 85.8 Å². The van der Waals surface area contributed by atoms with Crippen LogP contribution in [0.2, 0.25) is 0 Å². The number of rotatable bonds is 4. The van der Waals surface area contributed by atoms with E-state index < -0.39 is 5.97 Å². The van der Waals surface area contributed by atoms with Crippen LogP contribution in [0.5, 0.6) is 0 Å². The zero-order chi connectivity index (χ0) is 16.6. The summed E-state index contributed by atoms with van der Waals surface area (Å²) in [5.74, 6) is 0.361. The lowest BCUT2D eigenvalue weighted by Gasteiger charge is -2.11. The predicted molar refractivity (Wildman–Crippen MR) is 84.7 cm³/mol. The standard InChI is InChI=1S/C16H17N5O2/c1-10(2)20-14(8-9-17-20)15-18-11(3)19-21(15)13-6-4-12(5-7-13)16(22)23/h4-10H,1-3H3,(H,22,23). The smallest absolute Gasteiger partial charge is 0.335 e. The van der Waals surface area contributed by atoms with Crippen LogP contribution >= 0.6 is 0 Å². The molecule has 7 nitrogen and oxygen atoms in total. The molecule has 0 amide bonds. The molecular formula is C16H17N5O2. The highest BCUT2D eigenvalue weighted by molar-refractivity contribution is 5.87. The predicted octanol–water partition coefficient (Wildman–Crippen LogP) is 2.72. The third-order valence-corrected chi connectivity index (χ3v) is 3.46. The van der Waals surface area contributed by atoms with Crippen LogP contribution in [0.25, 0.3) is 17.2 Å². The number of carboxylic acids is 1. The second-order valence-corrected chi connectivity index (χ2v) is 5.50. The van der Waals surface area contributed by atoms with Gasteiger partial charge in [-0.1, -0.05) is 0 Å². The van der Waals surface area contributed by atoms with E-state index in [-0.39, 0.29) is 11.6 Å². The molecule has 0 saturated heterocycles. The average Bonchev–Trinajstić information content (AvgIpc) is 3.13. The highest BCUT2D eigenvalue weighted by Gasteiger charge is 2.17. The number of carboxylic acid groups (broad SMARTS) is 1. The van der Waals surface area contributed by atoms with E-state index in [2.05, 4.69) is 15.2 Å². The summed E-state index contributed by atoms with van der Waals surface area (Å²) in [4.78, 5) is 15.5. The molecule has 0 bridgehead atoms. The van der Waals surface area contributed by atoms with Gasteiger partial charge in [0, 0.05) is 12.2 Å². The lowest BCUT2D eigenvalue weighted by atomic mass is 10.2. The summed E-state index contributed by atoms with van der Waals surface area (Å²) >= 11 is 0. The summed E-state index contributed by atoms with van der Waals surface area (Å²) in [6.07, 6.45) is 1.73. The van der Waals surface area contributed by atoms with Crippen molar-refractivity contribution in [2.75, 3.05) is 0 Å². The normalized spacial score (nSPS) is 11.1. The van der Waals surface area contributed by atoms with Gasteiger partial charge in [-0.05, 0) is 51.1 Å². The Kier molecular flexibility index (Phi) is 3.69. The highest BCUT2D eigenvalue weighted by atomic mass is 16.4. The lowest BCUT2D eigenvalue weighted by Crippen LogP contribution is -2.08. The second-order valence-electron chi connectivity index (χ2n) is 5.50. The van der Waals surface area contributed by atoms with Crippen molar-refractivity contribution in [1.82, 2.24) is 24.5 Å². The second kappa shape index (κ2) is 5.68. The van der Waals surface area contributed by atoms with Crippen molar-refractivity contribution in [2.24, 2.45) is 0 Å². The SMILES string of the molecule is Cc1nc(-c2ccnn2C(C)C)n(-c2ccc(C(=O)O)cc2)n1. The summed E-state index contributed by atoms with van der Waals surface area (Å²) in [5, 5.41) is 17.8. The first kappa shape index (κ1) is 15.0. The monoisotopic (exact) mass is 311 g/mol. The fraction of sp³-hybridized carbons (Fsp3) is 0.250. The molecule has 0 unspecified atom stereocenters. The first-order valence-electron chi connectivity index (χ1n) is 7.28.